The van der Waals surface area contributed by atoms with E-state index >= 15 is 0 Å². The molecule has 0 saturated heterocycles. The van der Waals surface area contributed by atoms with Crippen molar-refractivity contribution in [1.82, 2.24) is 15.0 Å². The molecule has 12 heteroatoms. The summed E-state index contributed by atoms with van der Waals surface area (Å²) in [6.45, 7) is 0. The molecular formula is C48H27F6N3O2S. The summed E-state index contributed by atoms with van der Waals surface area (Å²) in [7, 11) is 0. The SMILES string of the molecule is FC(F)(F)Oc1ccc(-c2nc(-c3ccc(OC(F)(F)F)cc3)nc(-c3cccc(-c4ccc5c(c4)C4(c6ccccc6S5)c5ccccc5-c5ccccc54)c3)n2)cc1. The molecule has 5 nitrogen and oxygen atoms in total. The van der Waals surface area contributed by atoms with Crippen LogP contribution in [0.25, 0.3) is 56.4 Å². The molecule has 8 aromatic rings. The van der Waals surface area contributed by atoms with Crippen LogP contribution in [-0.4, -0.2) is 27.7 Å². The van der Waals surface area contributed by atoms with Gasteiger partial charge in [-0.25, -0.2) is 15.0 Å². The van der Waals surface area contributed by atoms with Crippen molar-refractivity contribution in [1.29, 1.82) is 0 Å². The molecule has 0 N–H and O–H groups in total. The number of rotatable bonds is 6. The molecule has 2 aliphatic rings. The minimum absolute atomic E-state index is 0.125. The smallest absolute Gasteiger partial charge is 0.406 e. The first-order valence-corrected chi connectivity index (χ1v) is 19.5. The van der Waals surface area contributed by atoms with Gasteiger partial charge < -0.3 is 9.47 Å². The van der Waals surface area contributed by atoms with Crippen molar-refractivity contribution in [3.63, 3.8) is 0 Å². The summed E-state index contributed by atoms with van der Waals surface area (Å²) in [5, 5.41) is 0. The van der Waals surface area contributed by atoms with Gasteiger partial charge in [-0.05, 0) is 117 Å². The normalized spacial score (nSPS) is 13.6. The second-order valence-electron chi connectivity index (χ2n) is 14.2. The van der Waals surface area contributed by atoms with Crippen LogP contribution in [0.4, 0.5) is 26.3 Å². The molecule has 0 radical (unpaired) electrons. The third kappa shape index (κ3) is 6.62. The van der Waals surface area contributed by atoms with E-state index in [0.717, 1.165) is 45.9 Å². The van der Waals surface area contributed by atoms with E-state index in [4.69, 9.17) is 9.97 Å². The van der Waals surface area contributed by atoms with Crippen LogP contribution < -0.4 is 9.47 Å². The van der Waals surface area contributed by atoms with Crippen molar-refractivity contribution in [2.24, 2.45) is 0 Å². The average molecular weight is 824 g/mol. The molecule has 294 valence electrons. The number of hydrogen-bond donors (Lipinski definition) is 0. The van der Waals surface area contributed by atoms with Crippen LogP contribution in [-0.2, 0) is 5.41 Å². The van der Waals surface area contributed by atoms with Crippen LogP contribution in [0.5, 0.6) is 11.5 Å². The van der Waals surface area contributed by atoms with Gasteiger partial charge in [0.1, 0.15) is 11.5 Å². The molecule has 1 aliphatic heterocycles. The number of alkyl halides is 6. The van der Waals surface area contributed by atoms with Gasteiger partial charge >= 0.3 is 12.7 Å². The van der Waals surface area contributed by atoms with E-state index < -0.39 is 29.6 Å². The van der Waals surface area contributed by atoms with E-state index in [0.29, 0.717) is 16.7 Å². The molecule has 0 amide bonds. The molecule has 0 unspecified atom stereocenters. The Morgan fingerprint density at radius 1 is 0.383 bits per heavy atom. The number of halogens is 6. The Bertz CT molecular complexity index is 2830. The first kappa shape index (κ1) is 37.4. The zero-order valence-electron chi connectivity index (χ0n) is 30.9. The lowest BCUT2D eigenvalue weighted by atomic mass is 9.67. The van der Waals surface area contributed by atoms with Crippen molar-refractivity contribution in [2.75, 3.05) is 0 Å². The molecule has 1 aliphatic carbocycles. The van der Waals surface area contributed by atoms with E-state index in [9.17, 15) is 26.3 Å². The van der Waals surface area contributed by atoms with Crippen molar-refractivity contribution < 1.29 is 35.8 Å². The number of ether oxygens (including phenoxy) is 2. The second-order valence-corrected chi connectivity index (χ2v) is 15.3. The predicted octanol–water partition coefficient (Wildman–Crippen LogP) is 13.2. The zero-order chi connectivity index (χ0) is 41.2. The maximum atomic E-state index is 12.9. The third-order valence-corrected chi connectivity index (χ3v) is 11.8. The lowest BCUT2D eigenvalue weighted by Gasteiger charge is -2.40. The highest BCUT2D eigenvalue weighted by molar-refractivity contribution is 7.99. The molecular weight excluding hydrogens is 797 g/mol. The van der Waals surface area contributed by atoms with E-state index in [1.807, 2.05) is 24.3 Å². The summed E-state index contributed by atoms with van der Waals surface area (Å²) in [5.74, 6) is -0.362. The highest BCUT2D eigenvalue weighted by Gasteiger charge is 2.50. The number of fused-ring (bicyclic) bond motifs is 9. The minimum atomic E-state index is -4.88. The molecule has 0 bridgehead atoms. The molecule has 1 aromatic heterocycles. The Hall–Kier alpha value is -6.92. The zero-order valence-corrected chi connectivity index (χ0v) is 31.7. The van der Waals surface area contributed by atoms with Gasteiger partial charge in [0.2, 0.25) is 0 Å². The van der Waals surface area contributed by atoms with Gasteiger partial charge in [-0.15, -0.1) is 26.3 Å². The fourth-order valence-electron chi connectivity index (χ4n) is 8.25. The van der Waals surface area contributed by atoms with Crippen molar-refractivity contribution >= 4 is 11.8 Å². The lowest BCUT2D eigenvalue weighted by Crippen LogP contribution is -2.32. The van der Waals surface area contributed by atoms with Crippen molar-refractivity contribution in [3.8, 4) is 67.9 Å². The Morgan fingerprint density at radius 2 is 0.817 bits per heavy atom. The Morgan fingerprint density at radius 3 is 1.37 bits per heavy atom. The molecule has 7 aromatic carbocycles. The summed E-state index contributed by atoms with van der Waals surface area (Å²) >= 11 is 1.75. The quantitative estimate of drug-likeness (QED) is 0.156. The predicted molar refractivity (Wildman–Crippen MR) is 216 cm³/mol. The molecule has 0 fully saturated rings. The van der Waals surface area contributed by atoms with Crippen LogP contribution in [0.2, 0.25) is 0 Å². The molecule has 60 heavy (non-hydrogen) atoms. The number of aromatic nitrogens is 3. The van der Waals surface area contributed by atoms with Gasteiger partial charge in [0.25, 0.3) is 0 Å². The monoisotopic (exact) mass is 823 g/mol. The summed E-state index contributed by atoms with van der Waals surface area (Å²) in [6, 6.07) is 50.1. The molecule has 0 saturated carbocycles. The van der Waals surface area contributed by atoms with Gasteiger partial charge in [-0.2, -0.15) is 0 Å². The van der Waals surface area contributed by atoms with Crippen LogP contribution in [0.3, 0.4) is 0 Å². The van der Waals surface area contributed by atoms with E-state index in [1.54, 1.807) is 11.8 Å². The topological polar surface area (TPSA) is 57.1 Å². The minimum Gasteiger partial charge on any atom is -0.406 e. The van der Waals surface area contributed by atoms with Gasteiger partial charge in [-0.3, -0.25) is 0 Å². The highest BCUT2D eigenvalue weighted by Crippen LogP contribution is 2.62. The van der Waals surface area contributed by atoms with E-state index in [2.05, 4.69) is 105 Å². The molecule has 10 rings (SSSR count). The molecule has 1 spiro atoms. The lowest BCUT2D eigenvalue weighted by molar-refractivity contribution is -0.275. The standard InChI is InChI=1S/C48H27F6N3O2S/c49-47(50,51)58-33-21-16-28(17-22-33)43-55-44(29-18-23-34(24-19-29)59-48(52,53)54)57-45(56-43)32-9-7-8-30(26-32)31-20-25-42-40(27-31)46(39-14-5-6-15-41(39)60-42)37-12-3-1-10-35(37)36-11-2-4-13-38(36)46/h1-27H. The van der Waals surface area contributed by atoms with Gasteiger partial charge in [-0.1, -0.05) is 103 Å². The van der Waals surface area contributed by atoms with Crippen LogP contribution in [0.15, 0.2) is 174 Å². The van der Waals surface area contributed by atoms with Crippen LogP contribution >= 0.6 is 11.8 Å². The fraction of sp³-hybridized carbons (Fsp3) is 0.0625. The maximum absolute atomic E-state index is 12.9. The number of benzene rings is 7. The number of nitrogens with zero attached hydrogens (tertiary/aromatic N) is 3. The second kappa shape index (κ2) is 14.1. The van der Waals surface area contributed by atoms with Crippen LogP contribution in [0.1, 0.15) is 22.3 Å². The summed E-state index contributed by atoms with van der Waals surface area (Å²) < 4.78 is 85.7. The first-order valence-electron chi connectivity index (χ1n) is 18.6. The van der Waals surface area contributed by atoms with Gasteiger partial charge in [0.05, 0.1) is 5.41 Å². The molecule has 2 heterocycles. The third-order valence-electron chi connectivity index (χ3n) is 10.6. The van der Waals surface area contributed by atoms with Gasteiger partial charge in [0.15, 0.2) is 17.5 Å². The summed E-state index contributed by atoms with van der Waals surface area (Å²) in [6.07, 6.45) is -9.76. The largest absolute Gasteiger partial charge is 0.573 e. The summed E-state index contributed by atoms with van der Waals surface area (Å²) in [4.78, 5) is 16.4. The first-order chi connectivity index (χ1) is 28.9. The fourth-order valence-corrected chi connectivity index (χ4v) is 9.42. The van der Waals surface area contributed by atoms with Crippen molar-refractivity contribution in [3.05, 3.63) is 186 Å². The van der Waals surface area contributed by atoms with Crippen LogP contribution in [0, 0.1) is 0 Å². The van der Waals surface area contributed by atoms with Gasteiger partial charge in [0, 0.05) is 26.5 Å². The Kier molecular flexibility index (Phi) is 8.79. The van der Waals surface area contributed by atoms with Crippen molar-refractivity contribution in [2.45, 2.75) is 27.9 Å². The molecule has 0 atom stereocenters. The average Bonchev–Trinajstić information content (AvgIpc) is 3.53. The maximum Gasteiger partial charge on any atom is 0.573 e. The Balaban J connectivity index is 1.09. The highest BCUT2D eigenvalue weighted by atomic mass is 32.2. The van der Waals surface area contributed by atoms with E-state index in [-0.39, 0.29) is 17.5 Å². The summed E-state index contributed by atoms with van der Waals surface area (Å²) in [5.41, 5.74) is 9.77. The Labute approximate surface area is 343 Å². The number of hydrogen-bond acceptors (Lipinski definition) is 6. The van der Waals surface area contributed by atoms with E-state index in [1.165, 1.54) is 57.0 Å².